The number of amides is 6. The molecule has 1 rings (SSSR count). The number of aliphatic imine (C=N–C) groups is 1. The molecular formula is C32H56N10O12. The van der Waals surface area contributed by atoms with Crippen molar-refractivity contribution in [1.29, 1.82) is 0 Å². The van der Waals surface area contributed by atoms with Crippen LogP contribution < -0.4 is 48.7 Å². The molecule has 0 aromatic carbocycles. The van der Waals surface area contributed by atoms with Gasteiger partial charge in [0.25, 0.3) is 0 Å². The van der Waals surface area contributed by atoms with Crippen LogP contribution in [0.15, 0.2) is 4.99 Å². The standard InChI is InChI=1S/C32H56N10O12/c1-5-15(2)23(29(51)38-19(9-7-13-36-32(33)34)27(49)39-20(31(53)54)10-11-22(45)46)41-25(47)16(3)37-30(52)24(17(4)44)42-28(50)21(14-43)40-26(48)18-8-6-12-35-18/h15-21,23-24,35,43-44H,5-14H2,1-4H3,(H,37,52)(H,38,51)(H,39,49)(H,40,48)(H,41,47)(H,42,50)(H,45,46)(H,53,54)(H4,33,34,36)/t15-,16-,17+,18-,19-,20-,21-,23-,24-/m0/s1. The molecule has 22 heteroatoms. The Balaban J connectivity index is 3.08. The molecule has 1 heterocycles. The lowest BCUT2D eigenvalue weighted by atomic mass is 9.97. The number of rotatable bonds is 24. The monoisotopic (exact) mass is 772 g/mol. The first-order chi connectivity index (χ1) is 25.3. The SMILES string of the molecule is CC[C@H](C)[C@H](NC(=O)[C@H](C)NC(=O)[C@@H](NC(=O)[C@H](CO)NC(=O)[C@@H]1CCCN1)[C@@H](C)O)C(=O)N[C@@H](CCCN=C(N)N)C(=O)N[C@@H](CCC(=O)O)C(=O)O. The molecule has 0 aliphatic carbocycles. The van der Waals surface area contributed by atoms with Gasteiger partial charge in [-0.1, -0.05) is 20.3 Å². The minimum absolute atomic E-state index is 0.0488. The van der Waals surface area contributed by atoms with Gasteiger partial charge in [0.2, 0.25) is 35.4 Å². The zero-order chi connectivity index (χ0) is 41.1. The van der Waals surface area contributed by atoms with Gasteiger partial charge in [0.15, 0.2) is 5.96 Å². The molecular weight excluding hydrogens is 716 g/mol. The predicted octanol–water partition coefficient (Wildman–Crippen LogP) is -4.91. The van der Waals surface area contributed by atoms with Gasteiger partial charge in [-0.3, -0.25) is 38.6 Å². The Kier molecular flexibility index (Phi) is 20.5. The summed E-state index contributed by atoms with van der Waals surface area (Å²) < 4.78 is 0. The lowest BCUT2D eigenvalue weighted by Crippen LogP contribution is -2.62. The van der Waals surface area contributed by atoms with Crippen LogP contribution in [-0.4, -0.2) is 142 Å². The molecule has 0 aromatic heterocycles. The van der Waals surface area contributed by atoms with Crippen LogP contribution in [0.2, 0.25) is 0 Å². The number of hydrogen-bond acceptors (Lipinski definition) is 12. The van der Waals surface area contributed by atoms with Crippen molar-refractivity contribution in [2.75, 3.05) is 19.7 Å². The predicted molar refractivity (Wildman–Crippen MR) is 191 cm³/mol. The Morgan fingerprint density at radius 1 is 0.778 bits per heavy atom. The molecule has 306 valence electrons. The Hall–Kier alpha value is -5.09. The van der Waals surface area contributed by atoms with E-state index in [0.29, 0.717) is 19.4 Å². The molecule has 0 spiro atoms. The van der Waals surface area contributed by atoms with Crippen LogP contribution in [0.25, 0.3) is 0 Å². The number of aliphatic hydroxyl groups is 2. The van der Waals surface area contributed by atoms with Crippen molar-refractivity contribution >= 4 is 53.3 Å². The quantitative estimate of drug-likeness (QED) is 0.0248. The smallest absolute Gasteiger partial charge is 0.326 e. The number of carboxylic acid groups (broad SMARTS) is 2. The molecule has 22 nitrogen and oxygen atoms in total. The lowest BCUT2D eigenvalue weighted by molar-refractivity contribution is -0.143. The Labute approximate surface area is 312 Å². The summed E-state index contributed by atoms with van der Waals surface area (Å²) >= 11 is 0. The van der Waals surface area contributed by atoms with E-state index < -0.39 is 121 Å². The van der Waals surface area contributed by atoms with E-state index in [1.54, 1.807) is 13.8 Å². The van der Waals surface area contributed by atoms with Gasteiger partial charge in [0.05, 0.1) is 18.8 Å². The van der Waals surface area contributed by atoms with E-state index in [9.17, 15) is 53.7 Å². The fraction of sp³-hybridized carbons (Fsp3) is 0.719. The molecule has 1 aliphatic rings. The second-order valence-electron chi connectivity index (χ2n) is 13.1. The van der Waals surface area contributed by atoms with Crippen molar-refractivity contribution in [1.82, 2.24) is 37.2 Å². The van der Waals surface area contributed by atoms with Crippen LogP contribution in [0.3, 0.4) is 0 Å². The van der Waals surface area contributed by atoms with Crippen molar-refractivity contribution in [3.63, 3.8) is 0 Å². The number of nitrogens with two attached hydrogens (primary N) is 2. The van der Waals surface area contributed by atoms with Crippen LogP contribution >= 0.6 is 0 Å². The number of aliphatic hydroxyl groups excluding tert-OH is 2. The van der Waals surface area contributed by atoms with Crippen LogP contribution in [-0.2, 0) is 38.4 Å². The van der Waals surface area contributed by atoms with E-state index >= 15 is 0 Å². The van der Waals surface area contributed by atoms with Gasteiger partial charge in [-0.25, -0.2) is 4.79 Å². The van der Waals surface area contributed by atoms with Gasteiger partial charge in [0.1, 0.15) is 36.3 Å². The van der Waals surface area contributed by atoms with Gasteiger partial charge >= 0.3 is 11.9 Å². The molecule has 1 aliphatic heterocycles. The fourth-order valence-corrected chi connectivity index (χ4v) is 5.21. The van der Waals surface area contributed by atoms with Crippen LogP contribution in [0, 0.1) is 5.92 Å². The van der Waals surface area contributed by atoms with E-state index in [0.717, 1.165) is 6.42 Å². The summed E-state index contributed by atoms with van der Waals surface area (Å²) in [5.74, 6) is -8.68. The van der Waals surface area contributed by atoms with Crippen molar-refractivity contribution in [2.24, 2.45) is 22.4 Å². The molecule has 6 amide bonds. The molecule has 0 bridgehead atoms. The summed E-state index contributed by atoms with van der Waals surface area (Å²) in [6, 6.07) is -9.20. The summed E-state index contributed by atoms with van der Waals surface area (Å²) in [6.07, 6.45) is -0.783. The van der Waals surface area contributed by atoms with Gasteiger partial charge in [-0.05, 0) is 58.4 Å². The Bertz CT molecular complexity index is 1350. The maximum absolute atomic E-state index is 13.6. The number of nitrogens with one attached hydrogen (secondary N) is 7. The number of guanidine groups is 1. The molecule has 0 aromatic rings. The summed E-state index contributed by atoms with van der Waals surface area (Å²) in [4.78, 5) is 105. The second-order valence-corrected chi connectivity index (χ2v) is 13.1. The van der Waals surface area contributed by atoms with Gasteiger partial charge in [0, 0.05) is 13.0 Å². The summed E-state index contributed by atoms with van der Waals surface area (Å²) in [7, 11) is 0. The summed E-state index contributed by atoms with van der Waals surface area (Å²) in [5.41, 5.74) is 10.7. The molecule has 0 radical (unpaired) electrons. The molecule has 1 saturated heterocycles. The number of nitrogens with zero attached hydrogens (tertiary/aromatic N) is 1. The Morgan fingerprint density at radius 2 is 1.37 bits per heavy atom. The van der Waals surface area contributed by atoms with E-state index in [2.05, 4.69) is 42.2 Å². The lowest BCUT2D eigenvalue weighted by Gasteiger charge is -2.29. The third-order valence-electron chi connectivity index (χ3n) is 8.64. The molecule has 0 saturated carbocycles. The third kappa shape index (κ3) is 16.3. The highest BCUT2D eigenvalue weighted by Gasteiger charge is 2.35. The van der Waals surface area contributed by atoms with Crippen LogP contribution in [0.4, 0.5) is 0 Å². The van der Waals surface area contributed by atoms with Crippen molar-refractivity contribution in [3.05, 3.63) is 0 Å². The van der Waals surface area contributed by atoms with Crippen molar-refractivity contribution in [3.8, 4) is 0 Å². The topological polar surface area (TPSA) is 366 Å². The summed E-state index contributed by atoms with van der Waals surface area (Å²) in [6.45, 7) is 5.68. The first-order valence-electron chi connectivity index (χ1n) is 17.7. The summed E-state index contributed by atoms with van der Waals surface area (Å²) in [5, 5.41) is 55.7. The third-order valence-corrected chi connectivity index (χ3v) is 8.64. The number of carbonyl (C=O) groups excluding carboxylic acids is 6. The van der Waals surface area contributed by atoms with Gasteiger partial charge in [-0.15, -0.1) is 0 Å². The van der Waals surface area contributed by atoms with E-state index in [4.69, 9.17) is 16.6 Å². The fourth-order valence-electron chi connectivity index (χ4n) is 5.21. The first-order valence-corrected chi connectivity index (χ1v) is 17.7. The number of carbonyl (C=O) groups is 8. The average Bonchev–Trinajstić information content (AvgIpc) is 3.65. The van der Waals surface area contributed by atoms with Gasteiger partial charge in [-0.2, -0.15) is 0 Å². The second kappa shape index (κ2) is 23.5. The highest BCUT2D eigenvalue weighted by atomic mass is 16.4. The zero-order valence-electron chi connectivity index (χ0n) is 30.9. The van der Waals surface area contributed by atoms with Gasteiger partial charge < -0.3 is 69.1 Å². The van der Waals surface area contributed by atoms with Crippen molar-refractivity contribution < 1.29 is 58.8 Å². The molecule has 0 unspecified atom stereocenters. The minimum Gasteiger partial charge on any atom is -0.481 e. The van der Waals surface area contributed by atoms with Crippen molar-refractivity contribution in [2.45, 2.75) is 121 Å². The Morgan fingerprint density at radius 3 is 1.89 bits per heavy atom. The maximum Gasteiger partial charge on any atom is 0.326 e. The molecule has 54 heavy (non-hydrogen) atoms. The zero-order valence-corrected chi connectivity index (χ0v) is 30.9. The normalized spacial score (nSPS) is 18.1. The highest BCUT2D eigenvalue weighted by Crippen LogP contribution is 2.11. The maximum atomic E-state index is 13.6. The molecule has 15 N–H and O–H groups in total. The van der Waals surface area contributed by atoms with E-state index in [-0.39, 0.29) is 25.3 Å². The minimum atomic E-state index is -1.62. The number of carboxylic acids is 2. The van der Waals surface area contributed by atoms with Crippen LogP contribution in [0.1, 0.15) is 72.6 Å². The van der Waals surface area contributed by atoms with Crippen LogP contribution in [0.5, 0.6) is 0 Å². The highest BCUT2D eigenvalue weighted by molar-refractivity contribution is 5.97. The largest absolute Gasteiger partial charge is 0.481 e. The average molecular weight is 773 g/mol. The molecule has 1 fully saturated rings. The van der Waals surface area contributed by atoms with E-state index in [1.165, 1.54) is 13.8 Å². The van der Waals surface area contributed by atoms with E-state index in [1.807, 2.05) is 0 Å². The molecule has 9 atom stereocenters. The number of aliphatic carboxylic acids is 2. The first kappa shape index (κ1) is 46.9. The number of hydrogen-bond donors (Lipinski definition) is 13.